The van der Waals surface area contributed by atoms with Crippen LogP contribution in [0.3, 0.4) is 0 Å². The van der Waals surface area contributed by atoms with Crippen molar-refractivity contribution in [1.29, 1.82) is 0 Å². The first-order valence-corrected chi connectivity index (χ1v) is 9.90. The number of alkyl halides is 13. The van der Waals surface area contributed by atoms with Gasteiger partial charge in [-0.2, -0.15) is 57.1 Å². The van der Waals surface area contributed by atoms with Crippen LogP contribution in [0.25, 0.3) is 0 Å². The molecule has 2 amide bonds. The summed E-state index contributed by atoms with van der Waals surface area (Å²) in [5.74, 6) is -44.9. The highest BCUT2D eigenvalue weighted by molar-refractivity contribution is 5.95. The van der Waals surface area contributed by atoms with Crippen LogP contribution >= 0.6 is 0 Å². The molecule has 0 aromatic heterocycles. The molecule has 17 heteroatoms. The van der Waals surface area contributed by atoms with E-state index < -0.39 is 85.1 Å². The molecule has 2 atom stereocenters. The van der Waals surface area contributed by atoms with Crippen molar-refractivity contribution in [2.45, 2.75) is 81.9 Å². The summed E-state index contributed by atoms with van der Waals surface area (Å²) in [7, 11) is 0. The van der Waals surface area contributed by atoms with E-state index >= 15 is 0 Å². The van der Waals surface area contributed by atoms with Crippen LogP contribution in [0.4, 0.5) is 61.9 Å². The van der Waals surface area contributed by atoms with Gasteiger partial charge in [0.1, 0.15) is 12.5 Å². The van der Waals surface area contributed by atoms with Crippen molar-refractivity contribution >= 4 is 12.0 Å². The lowest BCUT2D eigenvalue weighted by Crippen LogP contribution is -2.71. The largest absolute Gasteiger partial charge is 0.460 e. The average Bonchev–Trinajstić information content (AvgIpc) is 3.08. The Labute approximate surface area is 189 Å². The van der Waals surface area contributed by atoms with Gasteiger partial charge >= 0.3 is 41.9 Å². The number of amides is 2. The number of unbranched alkanes of at least 4 members (excludes halogenated alkanes) is 1. The summed E-state index contributed by atoms with van der Waals surface area (Å²) in [5.41, 5.74) is 0. The monoisotopic (exact) mass is 545 g/mol. The topological polar surface area (TPSA) is 46.6 Å². The lowest BCUT2D eigenvalue weighted by molar-refractivity contribution is -0.442. The number of imide groups is 1. The molecule has 1 rings (SSSR count). The summed E-state index contributed by atoms with van der Waals surface area (Å²) >= 11 is 0. The lowest BCUT2D eigenvalue weighted by Gasteiger charge is -2.42. The minimum atomic E-state index is -8.07. The van der Waals surface area contributed by atoms with Crippen LogP contribution in [0.1, 0.15) is 40.0 Å². The molecule has 0 unspecified atom stereocenters. The Kier molecular flexibility index (Phi) is 8.41. The summed E-state index contributed by atoms with van der Waals surface area (Å²) in [5, 5.41) is 0. The molecule has 1 fully saturated rings. The number of rotatable bonds is 10. The number of hydrogen-bond acceptors (Lipinski definition) is 3. The van der Waals surface area contributed by atoms with Gasteiger partial charge in [0.15, 0.2) is 0 Å². The van der Waals surface area contributed by atoms with Crippen molar-refractivity contribution in [1.82, 2.24) is 4.90 Å². The number of carbonyl (C=O) groups is 2. The molecule has 0 N–H and O–H groups in total. The first kappa shape index (κ1) is 31.1. The third kappa shape index (κ3) is 4.74. The van der Waals surface area contributed by atoms with Crippen LogP contribution in [0.5, 0.6) is 0 Å². The molecule has 1 aliphatic rings. The maximum Gasteiger partial charge on any atom is 0.460 e. The summed E-state index contributed by atoms with van der Waals surface area (Å²) in [6, 6.07) is -1.37. The van der Waals surface area contributed by atoms with E-state index in [1.54, 1.807) is 0 Å². The van der Waals surface area contributed by atoms with Gasteiger partial charge in [0, 0.05) is 0 Å². The van der Waals surface area contributed by atoms with Crippen LogP contribution in [0, 0.1) is 11.8 Å². The normalized spacial score (nSPS) is 19.9. The molecular formula is C18H20F13NO3. The molecule has 1 saturated heterocycles. The molecule has 4 nitrogen and oxygen atoms in total. The second kappa shape index (κ2) is 9.48. The first-order valence-electron chi connectivity index (χ1n) is 9.90. The van der Waals surface area contributed by atoms with Crippen molar-refractivity contribution in [2.75, 3.05) is 6.61 Å². The van der Waals surface area contributed by atoms with Crippen molar-refractivity contribution in [3.05, 3.63) is 0 Å². The molecule has 0 aromatic rings. The average molecular weight is 545 g/mol. The Bertz CT molecular complexity index is 795. The van der Waals surface area contributed by atoms with E-state index in [1.807, 2.05) is 0 Å². The van der Waals surface area contributed by atoms with Crippen molar-refractivity contribution < 1.29 is 71.4 Å². The lowest BCUT2D eigenvalue weighted by atomic mass is 9.83. The van der Waals surface area contributed by atoms with Gasteiger partial charge in [0.05, 0.1) is 6.04 Å². The fourth-order valence-corrected chi connectivity index (χ4v) is 3.22. The van der Waals surface area contributed by atoms with Crippen molar-refractivity contribution in [3.8, 4) is 0 Å². The van der Waals surface area contributed by atoms with Gasteiger partial charge in [-0.25, -0.2) is 9.69 Å². The smallest absolute Gasteiger partial charge is 0.447 e. The van der Waals surface area contributed by atoms with E-state index in [0.717, 1.165) is 0 Å². The number of carbonyl (C=O) groups excluding carboxylic acids is 2. The van der Waals surface area contributed by atoms with Gasteiger partial charge in [-0.3, -0.25) is 4.79 Å². The van der Waals surface area contributed by atoms with Gasteiger partial charge in [-0.05, 0) is 12.3 Å². The number of cyclic esters (lactones) is 1. The summed E-state index contributed by atoms with van der Waals surface area (Å²) in [6.45, 7) is 3.24. The Hall–Kier alpha value is -1.97. The number of nitrogens with zero attached hydrogens (tertiary/aromatic N) is 1. The van der Waals surface area contributed by atoms with Gasteiger partial charge < -0.3 is 4.74 Å². The highest BCUT2D eigenvalue weighted by Crippen LogP contribution is 2.61. The van der Waals surface area contributed by atoms with E-state index in [1.165, 1.54) is 20.8 Å². The molecule has 0 radical (unpaired) electrons. The van der Waals surface area contributed by atoms with E-state index in [4.69, 9.17) is 0 Å². The number of halogens is 13. The van der Waals surface area contributed by atoms with Crippen LogP contribution in [0.15, 0.2) is 0 Å². The predicted octanol–water partition coefficient (Wildman–Crippen LogP) is 6.54. The zero-order chi connectivity index (χ0) is 28.0. The molecule has 206 valence electrons. The standard InChI is InChI=1S/C18H20F13NO3/c1-4-5-6-9(11(33)32-10(8(2)3)7-35-12(32)34)13(19,20)14(21,22)15(23,24)16(25,26)17(27,28)18(29,30)31/h8-10H,4-7H2,1-3H3/t9-,10-/m1/s1. The molecular weight excluding hydrogens is 525 g/mol. The molecule has 0 spiro atoms. The third-order valence-electron chi connectivity index (χ3n) is 5.45. The Balaban J connectivity index is 3.65. The second-order valence-corrected chi connectivity index (χ2v) is 8.21. The zero-order valence-corrected chi connectivity index (χ0v) is 18.1. The summed E-state index contributed by atoms with van der Waals surface area (Å²) in [6.07, 6.45) is -11.4. The van der Waals surface area contributed by atoms with E-state index in [0.29, 0.717) is 0 Å². The van der Waals surface area contributed by atoms with Crippen LogP contribution in [-0.4, -0.2) is 65.3 Å². The third-order valence-corrected chi connectivity index (χ3v) is 5.45. The minimum Gasteiger partial charge on any atom is -0.447 e. The molecule has 0 bridgehead atoms. The molecule has 1 heterocycles. The van der Waals surface area contributed by atoms with Gasteiger partial charge in [0.25, 0.3) is 0 Å². The highest BCUT2D eigenvalue weighted by atomic mass is 19.4. The van der Waals surface area contributed by atoms with Crippen LogP contribution in [-0.2, 0) is 9.53 Å². The molecule has 1 aliphatic heterocycles. The van der Waals surface area contributed by atoms with E-state index in [-0.39, 0.29) is 11.3 Å². The minimum absolute atomic E-state index is 0.115. The SMILES string of the molecule is CCCC[C@H](C(=O)N1C(=O)OC[C@@H]1C(C)C)C(F)(F)C(F)(F)C(F)(F)C(F)(F)C(F)(F)C(F)(F)F. The second-order valence-electron chi connectivity index (χ2n) is 8.21. The number of hydrogen-bond donors (Lipinski definition) is 0. The quantitative estimate of drug-likeness (QED) is 0.293. The van der Waals surface area contributed by atoms with Gasteiger partial charge in [0.2, 0.25) is 5.91 Å². The van der Waals surface area contributed by atoms with E-state index in [9.17, 15) is 66.7 Å². The Morgan fingerprint density at radius 1 is 0.886 bits per heavy atom. The molecule has 0 aromatic carbocycles. The fraction of sp³-hybridized carbons (Fsp3) is 0.889. The van der Waals surface area contributed by atoms with Crippen LogP contribution < -0.4 is 0 Å². The fourth-order valence-electron chi connectivity index (χ4n) is 3.22. The Morgan fingerprint density at radius 2 is 1.34 bits per heavy atom. The maximum atomic E-state index is 14.8. The molecule has 0 saturated carbocycles. The zero-order valence-electron chi connectivity index (χ0n) is 18.1. The van der Waals surface area contributed by atoms with Crippen LogP contribution in [0.2, 0.25) is 0 Å². The Morgan fingerprint density at radius 3 is 1.74 bits per heavy atom. The van der Waals surface area contributed by atoms with Crippen molar-refractivity contribution in [2.24, 2.45) is 11.8 Å². The predicted molar refractivity (Wildman–Crippen MR) is 90.6 cm³/mol. The number of ether oxygens (including phenoxy) is 1. The summed E-state index contributed by atoms with van der Waals surface area (Å²) in [4.78, 5) is 24.4. The first-order chi connectivity index (χ1) is 15.4. The summed E-state index contributed by atoms with van der Waals surface area (Å²) < 4.78 is 180. The van der Waals surface area contributed by atoms with E-state index in [2.05, 4.69) is 4.74 Å². The maximum absolute atomic E-state index is 14.8. The highest BCUT2D eigenvalue weighted by Gasteiger charge is 2.91. The van der Waals surface area contributed by atoms with Gasteiger partial charge in [-0.1, -0.05) is 33.6 Å². The van der Waals surface area contributed by atoms with Crippen molar-refractivity contribution in [3.63, 3.8) is 0 Å². The molecule has 0 aliphatic carbocycles. The van der Waals surface area contributed by atoms with Gasteiger partial charge in [-0.15, -0.1) is 0 Å². The molecule has 35 heavy (non-hydrogen) atoms.